The second kappa shape index (κ2) is 5.83. The Morgan fingerprint density at radius 3 is 2.95 bits per heavy atom. The van der Waals surface area contributed by atoms with Crippen molar-refractivity contribution in [2.24, 2.45) is 5.84 Å². The van der Waals surface area contributed by atoms with Gasteiger partial charge in [0.2, 0.25) is 5.82 Å². The molecular weight excluding hydrogens is 246 g/mol. The highest BCUT2D eigenvalue weighted by Crippen LogP contribution is 2.31. The Hall–Kier alpha value is -1.89. The highest BCUT2D eigenvalue weighted by molar-refractivity contribution is 5.62. The van der Waals surface area contributed by atoms with E-state index < -0.39 is 0 Å². The molecule has 3 N–H and O–H groups in total. The van der Waals surface area contributed by atoms with Crippen molar-refractivity contribution >= 4 is 17.3 Å². The molecule has 0 saturated carbocycles. The SMILES string of the molecule is CC1CCCCCN1c1nc(NN)ccc1[N+](=O)[O-]. The molecular formula is C12H19N5O2. The highest BCUT2D eigenvalue weighted by atomic mass is 16.6. The lowest BCUT2D eigenvalue weighted by Gasteiger charge is -2.28. The first-order valence-corrected chi connectivity index (χ1v) is 6.52. The monoisotopic (exact) mass is 265 g/mol. The summed E-state index contributed by atoms with van der Waals surface area (Å²) in [5.41, 5.74) is 2.48. The van der Waals surface area contributed by atoms with Crippen LogP contribution in [0.5, 0.6) is 0 Å². The summed E-state index contributed by atoms with van der Waals surface area (Å²) in [4.78, 5) is 17.1. The number of pyridine rings is 1. The Bertz CT molecular complexity index is 465. The predicted molar refractivity (Wildman–Crippen MR) is 74.0 cm³/mol. The van der Waals surface area contributed by atoms with Crippen molar-refractivity contribution in [2.75, 3.05) is 16.9 Å². The summed E-state index contributed by atoms with van der Waals surface area (Å²) >= 11 is 0. The molecule has 104 valence electrons. The fourth-order valence-electron chi connectivity index (χ4n) is 2.46. The number of nitrogens with zero attached hydrogens (tertiary/aromatic N) is 3. The lowest BCUT2D eigenvalue weighted by atomic mass is 10.1. The first-order chi connectivity index (χ1) is 9.13. The van der Waals surface area contributed by atoms with Crippen molar-refractivity contribution < 1.29 is 4.92 Å². The molecule has 2 heterocycles. The van der Waals surface area contributed by atoms with E-state index in [1.165, 1.54) is 12.1 Å². The van der Waals surface area contributed by atoms with E-state index in [4.69, 9.17) is 5.84 Å². The van der Waals surface area contributed by atoms with Crippen LogP contribution in [0.1, 0.15) is 32.6 Å². The number of hydrazine groups is 1. The standard InChI is InChI=1S/C12H19N5O2/c1-9-5-3-2-4-8-16(9)12-10(17(18)19)6-7-11(14-12)15-13/h6-7,9H,2-5,8,13H2,1H3,(H,14,15). The molecule has 0 aromatic carbocycles. The van der Waals surface area contributed by atoms with E-state index >= 15 is 0 Å². The maximum absolute atomic E-state index is 11.1. The molecule has 0 bridgehead atoms. The lowest BCUT2D eigenvalue weighted by Crippen LogP contribution is -2.34. The Labute approximate surface area is 111 Å². The quantitative estimate of drug-likeness (QED) is 0.493. The van der Waals surface area contributed by atoms with Crippen LogP contribution in [0, 0.1) is 10.1 Å². The first kappa shape index (κ1) is 13.5. The zero-order valence-electron chi connectivity index (χ0n) is 11.0. The molecule has 0 radical (unpaired) electrons. The summed E-state index contributed by atoms with van der Waals surface area (Å²) in [5.74, 6) is 6.19. The highest BCUT2D eigenvalue weighted by Gasteiger charge is 2.26. The normalized spacial score (nSPS) is 19.9. The second-order valence-electron chi connectivity index (χ2n) is 4.83. The summed E-state index contributed by atoms with van der Waals surface area (Å²) in [6.45, 7) is 2.88. The van der Waals surface area contributed by atoms with E-state index in [0.29, 0.717) is 11.6 Å². The summed E-state index contributed by atoms with van der Waals surface area (Å²) in [5, 5.41) is 11.1. The van der Waals surface area contributed by atoms with Gasteiger partial charge >= 0.3 is 5.69 Å². The molecule has 1 aliphatic heterocycles. The van der Waals surface area contributed by atoms with Crippen LogP contribution in [-0.2, 0) is 0 Å². The van der Waals surface area contributed by atoms with Gasteiger partial charge < -0.3 is 10.3 Å². The molecule has 1 aliphatic rings. The summed E-state index contributed by atoms with van der Waals surface area (Å²) in [6.07, 6.45) is 4.37. The van der Waals surface area contributed by atoms with E-state index in [2.05, 4.69) is 17.3 Å². The van der Waals surface area contributed by atoms with Crippen LogP contribution in [0.25, 0.3) is 0 Å². The molecule has 1 unspecified atom stereocenters. The molecule has 19 heavy (non-hydrogen) atoms. The molecule has 1 aromatic heterocycles. The van der Waals surface area contributed by atoms with Gasteiger partial charge in [0.25, 0.3) is 0 Å². The number of hydrogen-bond donors (Lipinski definition) is 2. The largest absolute Gasteiger partial charge is 0.348 e. The van der Waals surface area contributed by atoms with E-state index in [1.807, 2.05) is 4.90 Å². The van der Waals surface area contributed by atoms with Crippen LogP contribution in [-0.4, -0.2) is 22.5 Å². The number of nitrogens with one attached hydrogen (secondary N) is 1. The third kappa shape index (κ3) is 2.93. The van der Waals surface area contributed by atoms with E-state index in [0.717, 1.165) is 32.2 Å². The van der Waals surface area contributed by atoms with Gasteiger partial charge in [0.1, 0.15) is 5.82 Å². The minimum absolute atomic E-state index is 0.0350. The van der Waals surface area contributed by atoms with Crippen molar-refractivity contribution in [3.05, 3.63) is 22.2 Å². The van der Waals surface area contributed by atoms with Crippen molar-refractivity contribution in [3.8, 4) is 0 Å². The maximum Gasteiger partial charge on any atom is 0.311 e. The fourth-order valence-corrected chi connectivity index (χ4v) is 2.46. The molecule has 0 spiro atoms. The van der Waals surface area contributed by atoms with Gasteiger partial charge in [-0.05, 0) is 25.8 Å². The molecule has 1 fully saturated rings. The predicted octanol–water partition coefficient (Wildman–Crippen LogP) is 2.04. The fraction of sp³-hybridized carbons (Fsp3) is 0.583. The summed E-state index contributed by atoms with van der Waals surface area (Å²) in [6, 6.07) is 3.22. The Kier molecular flexibility index (Phi) is 4.16. The number of nitrogen functional groups attached to an aromatic ring is 1. The Morgan fingerprint density at radius 1 is 1.47 bits per heavy atom. The van der Waals surface area contributed by atoms with Crippen LogP contribution >= 0.6 is 0 Å². The zero-order chi connectivity index (χ0) is 13.8. The number of hydrogen-bond acceptors (Lipinski definition) is 6. The van der Waals surface area contributed by atoms with Crippen molar-refractivity contribution in [3.63, 3.8) is 0 Å². The molecule has 7 heteroatoms. The molecule has 7 nitrogen and oxygen atoms in total. The van der Waals surface area contributed by atoms with Crippen LogP contribution < -0.4 is 16.2 Å². The second-order valence-corrected chi connectivity index (χ2v) is 4.83. The topological polar surface area (TPSA) is 97.3 Å². The average molecular weight is 265 g/mol. The van der Waals surface area contributed by atoms with Gasteiger partial charge in [-0.2, -0.15) is 0 Å². The molecule has 1 saturated heterocycles. The van der Waals surface area contributed by atoms with Gasteiger partial charge in [-0.25, -0.2) is 10.8 Å². The van der Waals surface area contributed by atoms with E-state index in [-0.39, 0.29) is 16.7 Å². The van der Waals surface area contributed by atoms with Crippen LogP contribution in [0.2, 0.25) is 0 Å². The number of aromatic nitrogens is 1. The minimum Gasteiger partial charge on any atom is -0.348 e. The third-order valence-corrected chi connectivity index (χ3v) is 3.52. The third-order valence-electron chi connectivity index (χ3n) is 3.52. The zero-order valence-corrected chi connectivity index (χ0v) is 11.0. The summed E-state index contributed by atoms with van der Waals surface area (Å²) in [7, 11) is 0. The van der Waals surface area contributed by atoms with Crippen LogP contribution in [0.3, 0.4) is 0 Å². The summed E-state index contributed by atoms with van der Waals surface area (Å²) < 4.78 is 0. The van der Waals surface area contributed by atoms with Gasteiger partial charge in [-0.3, -0.25) is 10.1 Å². The van der Waals surface area contributed by atoms with Gasteiger partial charge in [-0.15, -0.1) is 0 Å². The van der Waals surface area contributed by atoms with Gasteiger partial charge in [-0.1, -0.05) is 12.8 Å². The Morgan fingerprint density at radius 2 is 2.26 bits per heavy atom. The van der Waals surface area contributed by atoms with E-state index in [1.54, 1.807) is 0 Å². The number of anilines is 2. The smallest absolute Gasteiger partial charge is 0.311 e. The van der Waals surface area contributed by atoms with Gasteiger partial charge in [0.05, 0.1) is 4.92 Å². The molecule has 1 aromatic rings. The minimum atomic E-state index is -0.389. The first-order valence-electron chi connectivity index (χ1n) is 6.52. The van der Waals surface area contributed by atoms with Crippen molar-refractivity contribution in [1.29, 1.82) is 0 Å². The van der Waals surface area contributed by atoms with Crippen molar-refractivity contribution in [2.45, 2.75) is 38.6 Å². The molecule has 1 atom stereocenters. The number of nitro groups is 1. The Balaban J connectivity index is 2.41. The number of rotatable bonds is 3. The average Bonchev–Trinajstić information content (AvgIpc) is 2.62. The lowest BCUT2D eigenvalue weighted by molar-refractivity contribution is -0.384. The van der Waals surface area contributed by atoms with Crippen LogP contribution in [0.4, 0.5) is 17.3 Å². The van der Waals surface area contributed by atoms with Crippen molar-refractivity contribution in [1.82, 2.24) is 4.98 Å². The van der Waals surface area contributed by atoms with E-state index in [9.17, 15) is 10.1 Å². The molecule has 0 amide bonds. The molecule has 0 aliphatic carbocycles. The molecule has 2 rings (SSSR count). The number of nitrogens with two attached hydrogens (primary N) is 1. The van der Waals surface area contributed by atoms with Gasteiger partial charge in [0, 0.05) is 18.7 Å². The maximum atomic E-state index is 11.1. The van der Waals surface area contributed by atoms with Gasteiger partial charge in [0.15, 0.2) is 0 Å². The van der Waals surface area contributed by atoms with Crippen LogP contribution in [0.15, 0.2) is 12.1 Å².